The van der Waals surface area contributed by atoms with Crippen LogP contribution >= 0.6 is 0 Å². The van der Waals surface area contributed by atoms with E-state index < -0.39 is 0 Å². The molecule has 4 atom stereocenters. The Kier molecular flexibility index (Phi) is 7.67. The lowest BCUT2D eigenvalue weighted by Gasteiger charge is -2.59. The Morgan fingerprint density at radius 1 is 0.390 bits per heavy atom. The normalized spacial score (nSPS) is 28.0. The van der Waals surface area contributed by atoms with Gasteiger partial charge in [-0.15, -0.1) is 0 Å². The van der Waals surface area contributed by atoms with Gasteiger partial charge in [-0.1, -0.05) is 139 Å². The highest BCUT2D eigenvalue weighted by molar-refractivity contribution is 5.86. The van der Waals surface area contributed by atoms with E-state index in [0.29, 0.717) is 0 Å². The largest absolute Gasteiger partial charge is 0.334 e. The summed E-state index contributed by atoms with van der Waals surface area (Å²) in [6.45, 7) is 20.3. The molecule has 0 aromatic heterocycles. The van der Waals surface area contributed by atoms with Gasteiger partial charge in [0.15, 0.2) is 0 Å². The summed E-state index contributed by atoms with van der Waals surface area (Å²) in [5, 5.41) is 0. The van der Waals surface area contributed by atoms with Crippen LogP contribution in [0.1, 0.15) is 116 Å². The lowest BCUT2D eigenvalue weighted by molar-refractivity contribution is 0.0484. The lowest BCUT2D eigenvalue weighted by atomic mass is 9.51. The van der Waals surface area contributed by atoms with Crippen molar-refractivity contribution < 1.29 is 0 Å². The Labute approximate surface area is 353 Å². The van der Waals surface area contributed by atoms with Gasteiger partial charge >= 0.3 is 0 Å². The maximum absolute atomic E-state index is 2.71. The number of anilines is 4. The minimum absolute atomic E-state index is 0.0394. The first kappa shape index (κ1) is 37.0. The summed E-state index contributed by atoms with van der Waals surface area (Å²) in [7, 11) is 0. The Hall–Kier alpha value is -5.08. The lowest BCUT2D eigenvalue weighted by Crippen LogP contribution is -2.64. The zero-order valence-corrected chi connectivity index (χ0v) is 36.5. The first-order valence-electron chi connectivity index (χ1n) is 22.5. The van der Waals surface area contributed by atoms with Crippen molar-refractivity contribution in [3.8, 4) is 33.4 Å². The van der Waals surface area contributed by atoms with E-state index in [4.69, 9.17) is 0 Å². The van der Waals surface area contributed by atoms with Crippen LogP contribution in [-0.2, 0) is 17.3 Å². The minimum Gasteiger partial charge on any atom is -0.334 e. The van der Waals surface area contributed by atoms with Gasteiger partial charge < -0.3 is 9.80 Å². The molecule has 2 aliphatic heterocycles. The van der Waals surface area contributed by atoms with E-state index in [0.717, 1.165) is 6.42 Å². The smallest absolute Gasteiger partial charge is 0.0568 e. The standard InChI is InChI=1S/C57H60N2/c1-52(2)29-15-31-54(5)48-36-40(23-27-50(48)58(56(52,54)7)44-17-11-9-12-18-44)38-21-25-46-42(33-38)35-43-34-39(22-26-47(43)46)41-24-28-51-49(37-41)55(6)32-16-30-53(3,4)57(55,8)59(51)45-19-13-10-14-20-45/h9-14,17-28,33-34,36-37H,15-16,29-32,35H2,1-8H3. The number of nitrogens with zero attached hydrogens (tertiary/aromatic N) is 2. The third-order valence-corrected chi connectivity index (χ3v) is 17.9. The zero-order valence-electron chi connectivity index (χ0n) is 36.5. The van der Waals surface area contributed by atoms with Gasteiger partial charge in [-0.3, -0.25) is 0 Å². The topological polar surface area (TPSA) is 6.48 Å². The van der Waals surface area contributed by atoms with Crippen molar-refractivity contribution in [3.05, 3.63) is 156 Å². The van der Waals surface area contributed by atoms with Crippen molar-refractivity contribution in [3.63, 3.8) is 0 Å². The van der Waals surface area contributed by atoms with Crippen molar-refractivity contribution in [2.24, 2.45) is 10.8 Å². The monoisotopic (exact) mass is 772 g/mol. The van der Waals surface area contributed by atoms with Gasteiger partial charge in [-0.2, -0.15) is 0 Å². The molecule has 2 fully saturated rings. The van der Waals surface area contributed by atoms with Crippen molar-refractivity contribution in [2.75, 3.05) is 9.80 Å². The average Bonchev–Trinajstić information content (AvgIpc) is 3.78. The van der Waals surface area contributed by atoms with E-state index in [1.807, 2.05) is 0 Å². The highest BCUT2D eigenvalue weighted by Crippen LogP contribution is 2.68. The zero-order chi connectivity index (χ0) is 40.7. The minimum atomic E-state index is -0.0394. The molecule has 0 amide bonds. The first-order chi connectivity index (χ1) is 28.2. The summed E-state index contributed by atoms with van der Waals surface area (Å²) in [5.41, 5.74) is 19.7. The van der Waals surface area contributed by atoms with E-state index in [2.05, 4.69) is 199 Å². The molecule has 0 spiro atoms. The molecule has 0 saturated heterocycles. The van der Waals surface area contributed by atoms with Crippen LogP contribution in [0.25, 0.3) is 33.4 Å². The molecule has 0 radical (unpaired) electrons. The number of benzene rings is 6. The molecule has 298 valence electrons. The second-order valence-corrected chi connectivity index (χ2v) is 21.0. The molecule has 2 heterocycles. The van der Waals surface area contributed by atoms with Gasteiger partial charge in [0.25, 0.3) is 0 Å². The SMILES string of the molecule is CC1(C)CCCC2(C)c3cc(-c4ccc5c(c4)Cc4cc(-c6ccc7c(c6)C6(C)CCCC(C)(C)C6(C)N7c6ccccc6)ccc4-5)ccc3N(c3ccccc3)C12C. The third-order valence-electron chi connectivity index (χ3n) is 17.9. The summed E-state index contributed by atoms with van der Waals surface area (Å²) in [5.74, 6) is 0. The Morgan fingerprint density at radius 2 is 0.763 bits per heavy atom. The van der Waals surface area contributed by atoms with Crippen LogP contribution in [0, 0.1) is 10.8 Å². The summed E-state index contributed by atoms with van der Waals surface area (Å²) in [6, 6.07) is 51.6. The number of para-hydroxylation sites is 2. The molecule has 2 saturated carbocycles. The predicted octanol–water partition coefficient (Wildman–Crippen LogP) is 15.3. The summed E-state index contributed by atoms with van der Waals surface area (Å²) in [4.78, 5) is 5.41. The molecule has 5 aliphatic rings. The molecule has 6 aromatic rings. The summed E-state index contributed by atoms with van der Waals surface area (Å²) < 4.78 is 0. The van der Waals surface area contributed by atoms with Gasteiger partial charge in [-0.05, 0) is 161 Å². The molecule has 3 aliphatic carbocycles. The van der Waals surface area contributed by atoms with Crippen molar-refractivity contribution in [1.82, 2.24) is 0 Å². The molecular weight excluding hydrogens is 713 g/mol. The van der Waals surface area contributed by atoms with E-state index >= 15 is 0 Å². The Bertz CT molecular complexity index is 2490. The second kappa shape index (κ2) is 12.2. The average molecular weight is 773 g/mol. The molecular formula is C57H60N2. The van der Waals surface area contributed by atoms with Crippen LogP contribution in [0.15, 0.2) is 133 Å². The number of hydrogen-bond donors (Lipinski definition) is 0. The molecule has 11 rings (SSSR count). The molecule has 0 bridgehead atoms. The van der Waals surface area contributed by atoms with Gasteiger partial charge in [0.2, 0.25) is 0 Å². The maximum atomic E-state index is 2.71. The fourth-order valence-electron chi connectivity index (χ4n) is 13.8. The van der Waals surface area contributed by atoms with Gasteiger partial charge in [-0.25, -0.2) is 0 Å². The van der Waals surface area contributed by atoms with E-state index in [-0.39, 0.29) is 32.7 Å². The first-order valence-corrected chi connectivity index (χ1v) is 22.5. The second-order valence-electron chi connectivity index (χ2n) is 21.0. The van der Waals surface area contributed by atoms with E-state index in [9.17, 15) is 0 Å². The van der Waals surface area contributed by atoms with Crippen LogP contribution in [0.2, 0.25) is 0 Å². The number of hydrogen-bond acceptors (Lipinski definition) is 2. The number of fused-ring (bicyclic) bond motifs is 9. The van der Waals surface area contributed by atoms with Crippen LogP contribution in [0.4, 0.5) is 22.7 Å². The molecule has 0 N–H and O–H groups in total. The Balaban J connectivity index is 0.939. The summed E-state index contributed by atoms with van der Waals surface area (Å²) >= 11 is 0. The highest BCUT2D eigenvalue weighted by atomic mass is 15.3. The van der Waals surface area contributed by atoms with Crippen LogP contribution in [-0.4, -0.2) is 11.1 Å². The van der Waals surface area contributed by atoms with Crippen LogP contribution in [0.5, 0.6) is 0 Å². The van der Waals surface area contributed by atoms with Crippen molar-refractivity contribution in [2.45, 2.75) is 122 Å². The quantitative estimate of drug-likeness (QED) is 0.176. The van der Waals surface area contributed by atoms with E-state index in [1.54, 1.807) is 0 Å². The fourth-order valence-corrected chi connectivity index (χ4v) is 13.8. The fraction of sp³-hybridized carbons (Fsp3) is 0.368. The molecule has 4 unspecified atom stereocenters. The van der Waals surface area contributed by atoms with Crippen molar-refractivity contribution in [1.29, 1.82) is 0 Å². The Morgan fingerprint density at radius 3 is 1.17 bits per heavy atom. The number of rotatable bonds is 4. The molecule has 2 heteroatoms. The third kappa shape index (κ3) is 4.70. The van der Waals surface area contributed by atoms with Gasteiger partial charge in [0, 0.05) is 33.6 Å². The molecule has 2 nitrogen and oxygen atoms in total. The molecule has 6 aromatic carbocycles. The van der Waals surface area contributed by atoms with Crippen molar-refractivity contribution >= 4 is 22.7 Å². The predicted molar refractivity (Wildman–Crippen MR) is 249 cm³/mol. The van der Waals surface area contributed by atoms with Gasteiger partial charge in [0.05, 0.1) is 11.1 Å². The summed E-state index contributed by atoms with van der Waals surface area (Å²) in [6.07, 6.45) is 8.40. The maximum Gasteiger partial charge on any atom is 0.0568 e. The van der Waals surface area contributed by atoms with Crippen LogP contribution in [0.3, 0.4) is 0 Å². The highest BCUT2D eigenvalue weighted by Gasteiger charge is 2.66. The van der Waals surface area contributed by atoms with E-state index in [1.165, 1.54) is 117 Å². The molecule has 59 heavy (non-hydrogen) atoms. The van der Waals surface area contributed by atoms with Gasteiger partial charge in [0.1, 0.15) is 0 Å². The van der Waals surface area contributed by atoms with Crippen LogP contribution < -0.4 is 9.80 Å².